The lowest BCUT2D eigenvalue weighted by atomic mass is 10.1. The van der Waals surface area contributed by atoms with Gasteiger partial charge in [-0.05, 0) is 55.5 Å². The van der Waals surface area contributed by atoms with Crippen LogP contribution in [0.4, 0.5) is 4.39 Å². The molecule has 4 aromatic rings. The molecule has 32 heavy (non-hydrogen) atoms. The van der Waals surface area contributed by atoms with Crippen LogP contribution in [-0.4, -0.2) is 43.1 Å². The molecule has 0 radical (unpaired) electrons. The van der Waals surface area contributed by atoms with E-state index in [1.54, 1.807) is 55.1 Å². The van der Waals surface area contributed by atoms with E-state index in [0.717, 1.165) is 19.4 Å². The first-order valence-electron chi connectivity index (χ1n) is 10.7. The average Bonchev–Trinajstić information content (AvgIpc) is 3.62. The summed E-state index contributed by atoms with van der Waals surface area (Å²) in [6.45, 7) is 0.783. The maximum atomic E-state index is 14.3. The Kier molecular flexibility index (Phi) is 4.38. The Hall–Kier alpha value is -3.81. The molecule has 160 valence electrons. The topological polar surface area (TPSA) is 77.0 Å². The van der Waals surface area contributed by atoms with Gasteiger partial charge in [0.25, 0.3) is 11.9 Å². The molecule has 1 aliphatic carbocycles. The highest BCUT2D eigenvalue weighted by Gasteiger charge is 2.41. The number of amides is 1. The molecule has 3 aromatic heterocycles. The van der Waals surface area contributed by atoms with Gasteiger partial charge in [-0.25, -0.2) is 14.4 Å². The molecule has 0 N–H and O–H groups in total. The van der Waals surface area contributed by atoms with Crippen molar-refractivity contribution < 1.29 is 13.6 Å². The maximum Gasteiger partial charge on any atom is 0.258 e. The first kappa shape index (κ1) is 18.9. The fraction of sp³-hybridized carbons (Fsp3) is 0.250. The summed E-state index contributed by atoms with van der Waals surface area (Å²) < 4.78 is 21.5. The highest BCUT2D eigenvalue weighted by atomic mass is 19.1. The van der Waals surface area contributed by atoms with Gasteiger partial charge < -0.3 is 9.32 Å². The van der Waals surface area contributed by atoms with Gasteiger partial charge in [0, 0.05) is 24.3 Å². The number of carbonyl (C=O) groups excluding carboxylic acids is 1. The van der Waals surface area contributed by atoms with Gasteiger partial charge in [-0.2, -0.15) is 9.78 Å². The number of nitrogens with zero attached hydrogens (tertiary/aromatic N) is 5. The third-order valence-electron chi connectivity index (χ3n) is 6.41. The fourth-order valence-corrected chi connectivity index (χ4v) is 4.90. The van der Waals surface area contributed by atoms with Gasteiger partial charge in [-0.15, -0.1) is 0 Å². The van der Waals surface area contributed by atoms with Gasteiger partial charge >= 0.3 is 0 Å². The summed E-state index contributed by atoms with van der Waals surface area (Å²) in [6.07, 6.45) is 7.97. The number of likely N-dealkylation sites (tertiary alicyclic amines) is 1. The molecule has 1 aliphatic heterocycles. The molecular weight excluding hydrogens is 409 g/mol. The molecule has 1 saturated carbocycles. The van der Waals surface area contributed by atoms with E-state index in [1.807, 2.05) is 4.90 Å². The van der Waals surface area contributed by atoms with Crippen LogP contribution in [0.25, 0.3) is 28.7 Å². The highest BCUT2D eigenvalue weighted by molar-refractivity contribution is 6.00. The molecule has 1 saturated heterocycles. The van der Waals surface area contributed by atoms with E-state index in [4.69, 9.17) is 4.42 Å². The normalized spacial score (nSPS) is 19.6. The Labute approximate surface area is 183 Å². The van der Waals surface area contributed by atoms with E-state index in [2.05, 4.69) is 15.1 Å². The Morgan fingerprint density at radius 2 is 2.03 bits per heavy atom. The summed E-state index contributed by atoms with van der Waals surface area (Å²) in [6, 6.07) is 11.9. The number of piperidine rings is 1. The van der Waals surface area contributed by atoms with Crippen molar-refractivity contribution in [3.8, 4) is 28.7 Å². The van der Waals surface area contributed by atoms with Crippen LogP contribution in [0.2, 0.25) is 0 Å². The zero-order valence-corrected chi connectivity index (χ0v) is 17.2. The summed E-state index contributed by atoms with van der Waals surface area (Å²) in [5.41, 5.74) is 1.74. The zero-order chi connectivity index (χ0) is 21.7. The lowest BCUT2D eigenvalue weighted by molar-refractivity contribution is 0.0704. The number of hydrogen-bond acceptors (Lipinski definition) is 5. The van der Waals surface area contributed by atoms with Gasteiger partial charge in [0.05, 0.1) is 23.7 Å². The van der Waals surface area contributed by atoms with E-state index in [-0.39, 0.29) is 17.7 Å². The van der Waals surface area contributed by atoms with Crippen molar-refractivity contribution in [3.05, 3.63) is 72.5 Å². The molecule has 4 heterocycles. The lowest BCUT2D eigenvalue weighted by Crippen LogP contribution is -2.37. The van der Waals surface area contributed by atoms with Gasteiger partial charge in [-0.1, -0.05) is 12.1 Å². The van der Waals surface area contributed by atoms with Crippen LogP contribution in [0.15, 0.2) is 65.5 Å². The second-order valence-corrected chi connectivity index (χ2v) is 8.31. The van der Waals surface area contributed by atoms with Crippen LogP contribution in [0.1, 0.15) is 29.6 Å². The number of furan rings is 1. The van der Waals surface area contributed by atoms with E-state index >= 15 is 0 Å². The van der Waals surface area contributed by atoms with Crippen LogP contribution in [0, 0.1) is 11.7 Å². The summed E-state index contributed by atoms with van der Waals surface area (Å²) in [5.74, 6) is 0.894. The van der Waals surface area contributed by atoms with Crippen LogP contribution < -0.4 is 0 Å². The molecule has 7 nitrogen and oxygen atoms in total. The second-order valence-electron chi connectivity index (χ2n) is 8.31. The molecule has 1 amide bonds. The number of fused-ring (bicyclic) bond motifs is 2. The summed E-state index contributed by atoms with van der Waals surface area (Å²) in [7, 11) is 0. The summed E-state index contributed by atoms with van der Waals surface area (Å²) in [5, 5.41) is 4.44. The predicted molar refractivity (Wildman–Crippen MR) is 114 cm³/mol. The minimum absolute atomic E-state index is 0.0555. The molecule has 2 atom stereocenters. The van der Waals surface area contributed by atoms with Crippen LogP contribution >= 0.6 is 0 Å². The second kappa shape index (κ2) is 7.40. The van der Waals surface area contributed by atoms with E-state index in [1.165, 1.54) is 17.2 Å². The maximum absolute atomic E-state index is 14.3. The van der Waals surface area contributed by atoms with Gasteiger partial charge in [0.2, 0.25) is 0 Å². The van der Waals surface area contributed by atoms with E-state index in [0.29, 0.717) is 40.2 Å². The molecule has 2 bridgehead atoms. The van der Waals surface area contributed by atoms with Gasteiger partial charge in [0.15, 0.2) is 5.76 Å². The Morgan fingerprint density at radius 3 is 2.78 bits per heavy atom. The quantitative estimate of drug-likeness (QED) is 0.482. The standard InChI is InChI=1S/C24H20FN5O2/c25-19-5-2-1-4-17(19)20-9-10-26-24(28-20)30-22(21-6-3-11-32-21)18(13-27-30)23(31)29-14-15-7-8-16(29)12-15/h1-6,9-11,13,15-16H,7-8,12,14H2/t15-,16-/m0/s1. The minimum atomic E-state index is -0.371. The SMILES string of the molecule is O=C(c1cnn(-c2nccc(-c3ccccc3F)n2)c1-c1ccco1)N1C[C@H]2CC[C@H]1C2. The van der Waals surface area contributed by atoms with Gasteiger partial charge in [-0.3, -0.25) is 4.79 Å². The average molecular weight is 429 g/mol. The minimum Gasteiger partial charge on any atom is -0.463 e. The van der Waals surface area contributed by atoms with Crippen molar-refractivity contribution in [2.75, 3.05) is 6.54 Å². The van der Waals surface area contributed by atoms with Crippen molar-refractivity contribution in [3.63, 3.8) is 0 Å². The van der Waals surface area contributed by atoms with Crippen LogP contribution in [0.5, 0.6) is 0 Å². The lowest BCUT2D eigenvalue weighted by Gasteiger charge is -2.26. The number of aromatic nitrogens is 4. The van der Waals surface area contributed by atoms with E-state index < -0.39 is 0 Å². The number of rotatable bonds is 4. The molecule has 6 rings (SSSR count). The van der Waals surface area contributed by atoms with Gasteiger partial charge in [0.1, 0.15) is 11.5 Å². The predicted octanol–water partition coefficient (Wildman–Crippen LogP) is 4.35. The number of halogens is 1. The number of hydrogen-bond donors (Lipinski definition) is 0. The largest absolute Gasteiger partial charge is 0.463 e. The zero-order valence-electron chi connectivity index (χ0n) is 17.2. The molecular formula is C24H20FN5O2. The monoisotopic (exact) mass is 429 g/mol. The Morgan fingerprint density at radius 1 is 1.12 bits per heavy atom. The van der Waals surface area contributed by atoms with Crippen molar-refractivity contribution in [1.82, 2.24) is 24.6 Å². The highest BCUT2D eigenvalue weighted by Crippen LogP contribution is 2.39. The molecule has 8 heteroatoms. The molecule has 1 aromatic carbocycles. The summed E-state index contributed by atoms with van der Waals surface area (Å²) in [4.78, 5) is 24.3. The molecule has 0 spiro atoms. The molecule has 2 aliphatic rings. The van der Waals surface area contributed by atoms with Crippen molar-refractivity contribution in [2.45, 2.75) is 25.3 Å². The smallest absolute Gasteiger partial charge is 0.258 e. The Bertz CT molecular complexity index is 1300. The third kappa shape index (κ3) is 3.02. The number of benzene rings is 1. The Balaban J connectivity index is 1.45. The summed E-state index contributed by atoms with van der Waals surface area (Å²) >= 11 is 0. The fourth-order valence-electron chi connectivity index (χ4n) is 4.90. The number of carbonyl (C=O) groups is 1. The van der Waals surface area contributed by atoms with Crippen molar-refractivity contribution >= 4 is 5.91 Å². The van der Waals surface area contributed by atoms with Crippen molar-refractivity contribution in [1.29, 1.82) is 0 Å². The first-order valence-corrected chi connectivity index (χ1v) is 10.7. The van der Waals surface area contributed by atoms with E-state index in [9.17, 15) is 9.18 Å². The van der Waals surface area contributed by atoms with Crippen LogP contribution in [0.3, 0.4) is 0 Å². The van der Waals surface area contributed by atoms with Crippen LogP contribution in [-0.2, 0) is 0 Å². The first-order chi connectivity index (χ1) is 15.7. The third-order valence-corrected chi connectivity index (χ3v) is 6.41. The van der Waals surface area contributed by atoms with Crippen molar-refractivity contribution in [2.24, 2.45) is 5.92 Å². The molecule has 2 fully saturated rings. The molecule has 0 unspecified atom stereocenters.